The number of aryl methyl sites for hydroxylation is 2. The van der Waals surface area contributed by atoms with Gasteiger partial charge in [-0.25, -0.2) is 9.13 Å². The van der Waals surface area contributed by atoms with E-state index in [9.17, 15) is 4.79 Å². The summed E-state index contributed by atoms with van der Waals surface area (Å²) >= 11 is 0. The van der Waals surface area contributed by atoms with E-state index in [4.69, 9.17) is 9.47 Å². The van der Waals surface area contributed by atoms with Crippen LogP contribution in [-0.2, 0) is 19.5 Å². The third-order valence-corrected chi connectivity index (χ3v) is 5.25. The predicted molar refractivity (Wildman–Crippen MR) is 116 cm³/mol. The average molecular weight is 481 g/mol. The molecular weight excluding hydrogens is 456 g/mol. The first-order valence-corrected chi connectivity index (χ1v) is 9.94. The van der Waals surface area contributed by atoms with Crippen molar-refractivity contribution in [1.82, 2.24) is 4.57 Å². The summed E-state index contributed by atoms with van der Waals surface area (Å²) in [7, 11) is 3.28. The quantitative estimate of drug-likeness (QED) is 0.280. The molecule has 4 aromatic rings. The molecule has 0 amide bonds. The van der Waals surface area contributed by atoms with Crippen LogP contribution in [0.25, 0.3) is 10.8 Å². The minimum atomic E-state index is 0. The summed E-state index contributed by atoms with van der Waals surface area (Å²) in [6, 6.07) is 19.9. The first kappa shape index (κ1) is 22.6. The van der Waals surface area contributed by atoms with Crippen molar-refractivity contribution < 1.29 is 35.8 Å². The summed E-state index contributed by atoms with van der Waals surface area (Å²) in [5.74, 6) is 1.56. The highest BCUT2D eigenvalue weighted by atomic mass is 79.9. The Bertz CT molecular complexity index is 1190. The molecule has 0 saturated carbocycles. The van der Waals surface area contributed by atoms with E-state index in [0.717, 1.165) is 40.8 Å². The molecule has 0 bridgehead atoms. The molecule has 0 unspecified atom stereocenters. The highest BCUT2D eigenvalue weighted by Crippen LogP contribution is 2.27. The third kappa shape index (κ3) is 5.33. The Balaban J connectivity index is 0.00000272. The molecule has 4 rings (SSSR count). The van der Waals surface area contributed by atoms with Gasteiger partial charge in [-0.2, -0.15) is 0 Å². The van der Waals surface area contributed by atoms with Crippen molar-refractivity contribution >= 4 is 16.6 Å². The summed E-state index contributed by atoms with van der Waals surface area (Å²) in [5, 5.41) is 2.23. The summed E-state index contributed by atoms with van der Waals surface area (Å²) in [5.41, 5.74) is 1.90. The second-order valence-corrected chi connectivity index (χ2v) is 7.25. The monoisotopic (exact) mass is 480 g/mol. The van der Waals surface area contributed by atoms with Crippen LogP contribution in [0.5, 0.6) is 11.5 Å². The lowest BCUT2D eigenvalue weighted by molar-refractivity contribution is -0.682. The molecule has 0 aliphatic rings. The fourth-order valence-corrected chi connectivity index (χ4v) is 3.58. The molecule has 3 aromatic carbocycles. The number of carbonyl (C=O) groups is 1. The van der Waals surface area contributed by atoms with Gasteiger partial charge in [0.1, 0.15) is 12.4 Å². The van der Waals surface area contributed by atoms with Crippen LogP contribution in [-0.4, -0.2) is 24.6 Å². The lowest BCUT2D eigenvalue weighted by Crippen LogP contribution is -3.00. The van der Waals surface area contributed by atoms with Gasteiger partial charge >= 0.3 is 0 Å². The van der Waals surface area contributed by atoms with Gasteiger partial charge in [0.05, 0.1) is 20.8 Å². The second-order valence-electron chi connectivity index (χ2n) is 7.25. The van der Waals surface area contributed by atoms with E-state index in [2.05, 4.69) is 10.6 Å². The zero-order valence-corrected chi connectivity index (χ0v) is 19.2. The normalized spacial score (nSPS) is 10.5. The smallest absolute Gasteiger partial charge is 0.244 e. The number of nitrogens with zero attached hydrogens (tertiary/aromatic N) is 2. The molecule has 160 valence electrons. The Labute approximate surface area is 192 Å². The summed E-state index contributed by atoms with van der Waals surface area (Å²) in [6.07, 6.45) is 6.76. The molecule has 0 aliphatic heterocycles. The van der Waals surface area contributed by atoms with Gasteiger partial charge in [-0.05, 0) is 34.5 Å². The van der Waals surface area contributed by atoms with Crippen LogP contribution in [0.1, 0.15) is 15.9 Å². The molecule has 0 aliphatic carbocycles. The van der Waals surface area contributed by atoms with Crippen LogP contribution >= 0.6 is 0 Å². The van der Waals surface area contributed by atoms with Gasteiger partial charge in [-0.15, -0.1) is 0 Å². The van der Waals surface area contributed by atoms with Crippen LogP contribution in [0.4, 0.5) is 0 Å². The van der Waals surface area contributed by atoms with Crippen molar-refractivity contribution in [1.29, 1.82) is 0 Å². The Kier molecular flexibility index (Phi) is 7.47. The fourth-order valence-electron chi connectivity index (χ4n) is 3.58. The van der Waals surface area contributed by atoms with Gasteiger partial charge in [-0.3, -0.25) is 4.79 Å². The van der Waals surface area contributed by atoms with Gasteiger partial charge in [0.2, 0.25) is 12.1 Å². The van der Waals surface area contributed by atoms with E-state index in [1.807, 2.05) is 77.9 Å². The Morgan fingerprint density at radius 1 is 0.935 bits per heavy atom. The van der Waals surface area contributed by atoms with Gasteiger partial charge in [0.15, 0.2) is 18.0 Å². The molecule has 31 heavy (non-hydrogen) atoms. The maximum Gasteiger partial charge on any atom is 0.244 e. The number of ether oxygens (including phenoxy) is 2. The van der Waals surface area contributed by atoms with E-state index < -0.39 is 0 Å². The standard InChI is InChI=1S/C25H25N2O3.BrH/c1-29-24-10-7-19(15-25(24)30-2)11-12-26-13-14-27(18-26)17-23(28)22-9-8-20-5-3-4-6-21(20)16-22;/h3-10,13-16,18H,11-12,17H2,1-2H3;1H/q+1;/p-1. The number of imidazole rings is 1. The zero-order chi connectivity index (χ0) is 20.9. The molecule has 1 heterocycles. The van der Waals surface area contributed by atoms with Gasteiger partial charge in [0.25, 0.3) is 0 Å². The maximum absolute atomic E-state index is 12.7. The molecule has 6 heteroatoms. The second kappa shape index (κ2) is 10.3. The van der Waals surface area contributed by atoms with Gasteiger partial charge in [0, 0.05) is 12.0 Å². The topological polar surface area (TPSA) is 44.3 Å². The number of rotatable bonds is 8. The number of Topliss-reactive ketones (excluding diaryl/α,β-unsaturated/α-hetero) is 1. The number of benzene rings is 3. The van der Waals surface area contributed by atoms with Crippen molar-refractivity contribution in [3.8, 4) is 11.5 Å². The minimum absolute atomic E-state index is 0. The van der Waals surface area contributed by atoms with Gasteiger partial charge in [-0.1, -0.05) is 42.5 Å². The van der Waals surface area contributed by atoms with E-state index in [1.165, 1.54) is 5.56 Å². The molecule has 0 atom stereocenters. The first-order valence-electron chi connectivity index (χ1n) is 9.94. The molecule has 0 radical (unpaired) electrons. The van der Waals surface area contributed by atoms with Crippen LogP contribution < -0.4 is 31.0 Å². The summed E-state index contributed by atoms with van der Waals surface area (Å²) in [4.78, 5) is 12.7. The van der Waals surface area contributed by atoms with Crippen LogP contribution in [0.2, 0.25) is 0 Å². The highest BCUT2D eigenvalue weighted by Gasteiger charge is 2.13. The van der Waals surface area contributed by atoms with Crippen molar-refractivity contribution in [2.24, 2.45) is 0 Å². The Hall–Kier alpha value is -3.12. The molecule has 0 spiro atoms. The van der Waals surface area contributed by atoms with E-state index in [0.29, 0.717) is 6.54 Å². The number of methoxy groups -OCH3 is 2. The number of fused-ring (bicyclic) bond motifs is 1. The SMILES string of the molecule is COc1ccc(CCn2cc[n+](CC(=O)c3ccc4ccccc4c3)c2)cc1OC.[Br-]. The lowest BCUT2D eigenvalue weighted by Gasteiger charge is -2.08. The molecule has 1 aromatic heterocycles. The summed E-state index contributed by atoms with van der Waals surface area (Å²) < 4.78 is 14.7. The number of carbonyl (C=O) groups excluding carboxylic acids is 1. The number of aromatic nitrogens is 2. The van der Waals surface area contributed by atoms with E-state index in [-0.39, 0.29) is 22.8 Å². The van der Waals surface area contributed by atoms with Crippen LogP contribution in [0, 0.1) is 0 Å². The Morgan fingerprint density at radius 2 is 1.71 bits per heavy atom. The summed E-state index contributed by atoms with van der Waals surface area (Å²) in [6.45, 7) is 1.13. The van der Waals surface area contributed by atoms with Crippen molar-refractivity contribution in [2.75, 3.05) is 14.2 Å². The first-order chi connectivity index (χ1) is 14.7. The number of hydrogen-bond acceptors (Lipinski definition) is 3. The third-order valence-electron chi connectivity index (χ3n) is 5.25. The van der Waals surface area contributed by atoms with Crippen molar-refractivity contribution in [3.63, 3.8) is 0 Å². The zero-order valence-electron chi connectivity index (χ0n) is 17.6. The van der Waals surface area contributed by atoms with Crippen LogP contribution in [0.3, 0.4) is 0 Å². The lowest BCUT2D eigenvalue weighted by atomic mass is 10.0. The number of hydrogen-bond donors (Lipinski definition) is 0. The van der Waals surface area contributed by atoms with Crippen molar-refractivity contribution in [2.45, 2.75) is 19.5 Å². The highest BCUT2D eigenvalue weighted by molar-refractivity contribution is 5.99. The number of ketones is 1. The molecular formula is C25H25BrN2O3. The minimum Gasteiger partial charge on any atom is -1.00 e. The molecule has 0 saturated heterocycles. The maximum atomic E-state index is 12.7. The van der Waals surface area contributed by atoms with Crippen LogP contribution in [0.15, 0.2) is 79.4 Å². The number of halogens is 1. The van der Waals surface area contributed by atoms with E-state index in [1.54, 1.807) is 14.2 Å². The average Bonchev–Trinajstić information content (AvgIpc) is 3.24. The predicted octanol–water partition coefficient (Wildman–Crippen LogP) is 1.08. The molecule has 0 fully saturated rings. The van der Waals surface area contributed by atoms with Gasteiger partial charge < -0.3 is 26.5 Å². The fraction of sp³-hybridized carbons (Fsp3) is 0.200. The van der Waals surface area contributed by atoms with E-state index >= 15 is 0 Å². The molecule has 0 N–H and O–H groups in total. The van der Waals surface area contributed by atoms with Crippen molar-refractivity contribution in [3.05, 3.63) is 90.5 Å². The molecule has 5 nitrogen and oxygen atoms in total. The Morgan fingerprint density at radius 3 is 2.48 bits per heavy atom. The largest absolute Gasteiger partial charge is 1.00 e.